The normalized spacial score (nSPS) is 19.3. The first-order valence-electron chi connectivity index (χ1n) is 10.8. The van der Waals surface area contributed by atoms with Crippen LogP contribution in [0.1, 0.15) is 21.7 Å². The van der Waals surface area contributed by atoms with E-state index in [1.54, 1.807) is 35.4 Å². The molecule has 0 aliphatic carbocycles. The van der Waals surface area contributed by atoms with Crippen molar-refractivity contribution in [3.05, 3.63) is 71.7 Å². The van der Waals surface area contributed by atoms with E-state index in [1.165, 1.54) is 26.4 Å². The lowest BCUT2D eigenvalue weighted by Gasteiger charge is -2.35. The third-order valence-electron chi connectivity index (χ3n) is 5.87. The maximum atomic E-state index is 14.3. The molecule has 35 heavy (non-hydrogen) atoms. The minimum Gasteiger partial charge on any atom is -0.479 e. The lowest BCUT2D eigenvalue weighted by atomic mass is 9.84. The van der Waals surface area contributed by atoms with Gasteiger partial charge in [-0.25, -0.2) is 4.98 Å². The fourth-order valence-electron chi connectivity index (χ4n) is 4.10. The third kappa shape index (κ3) is 4.88. The maximum absolute atomic E-state index is 14.3. The highest BCUT2D eigenvalue weighted by molar-refractivity contribution is 7.80. The second kappa shape index (κ2) is 10.2. The van der Waals surface area contributed by atoms with Crippen LogP contribution in [0.4, 0.5) is 10.3 Å². The Morgan fingerprint density at radius 3 is 2.74 bits per heavy atom. The molecule has 1 aromatic carbocycles. The number of aliphatic hydroxyl groups is 1. The quantitative estimate of drug-likeness (QED) is 0.430. The van der Waals surface area contributed by atoms with Gasteiger partial charge >= 0.3 is 0 Å². The van der Waals surface area contributed by atoms with Crippen molar-refractivity contribution in [2.75, 3.05) is 31.7 Å². The Hall–Kier alpha value is -3.77. The van der Waals surface area contributed by atoms with Gasteiger partial charge in [0.05, 0.1) is 37.8 Å². The van der Waals surface area contributed by atoms with E-state index in [4.69, 9.17) is 17.0 Å². The van der Waals surface area contributed by atoms with E-state index in [0.29, 0.717) is 17.8 Å². The molecule has 0 bridgehead atoms. The number of methoxy groups -OCH3 is 1. The molecule has 12 heteroatoms. The lowest BCUT2D eigenvalue weighted by Crippen LogP contribution is -2.56. The Kier molecular flexibility index (Phi) is 7.12. The molecule has 1 fully saturated rings. The summed E-state index contributed by atoms with van der Waals surface area (Å²) in [4.78, 5) is 31.5. The van der Waals surface area contributed by atoms with Gasteiger partial charge in [-0.1, -0.05) is 18.2 Å². The number of halogens is 1. The standard InChI is InChI=1S/C23H24FN7O3S/c1-14-18(24)20(34-2)29-21(27-14)31-11-16(12-32)23(13-31,17-10-25-8-9-26-17)30-22(35)28-19(33)15-6-4-3-5-7-15/h3-10,16,32H,11-13H2,1-2H3,(H2,28,30,33,35). The van der Waals surface area contributed by atoms with Gasteiger partial charge in [-0.15, -0.1) is 0 Å². The number of aryl methyl sites for hydroxylation is 1. The number of amides is 1. The van der Waals surface area contributed by atoms with E-state index in [2.05, 4.69) is 30.6 Å². The molecule has 4 rings (SSSR count). The summed E-state index contributed by atoms with van der Waals surface area (Å²) in [5, 5.41) is 16.3. The van der Waals surface area contributed by atoms with Crippen LogP contribution in [-0.4, -0.2) is 62.9 Å². The molecule has 3 aromatic rings. The largest absolute Gasteiger partial charge is 0.479 e. The van der Waals surface area contributed by atoms with Crippen LogP contribution in [0.2, 0.25) is 0 Å². The SMILES string of the molecule is COc1nc(N2CC(CO)C(NC(=S)NC(=O)c3ccccc3)(c3cnccn3)C2)nc(C)c1F. The summed E-state index contributed by atoms with van der Waals surface area (Å²) >= 11 is 5.48. The molecular formula is C23H24FN7O3S. The summed E-state index contributed by atoms with van der Waals surface area (Å²) in [5.74, 6) is -1.42. The second-order valence-electron chi connectivity index (χ2n) is 8.03. The third-order valence-corrected chi connectivity index (χ3v) is 6.07. The van der Waals surface area contributed by atoms with Crippen LogP contribution >= 0.6 is 12.2 Å². The van der Waals surface area contributed by atoms with Gasteiger partial charge in [-0.3, -0.25) is 20.1 Å². The first kappa shape index (κ1) is 24.4. The van der Waals surface area contributed by atoms with Crippen LogP contribution in [-0.2, 0) is 5.54 Å². The van der Waals surface area contributed by atoms with Crippen LogP contribution < -0.4 is 20.3 Å². The van der Waals surface area contributed by atoms with Crippen LogP contribution in [0.5, 0.6) is 5.88 Å². The minimum absolute atomic E-state index is 0.0543. The number of rotatable bonds is 6. The minimum atomic E-state index is -1.05. The number of aliphatic hydroxyl groups excluding tert-OH is 1. The van der Waals surface area contributed by atoms with E-state index < -0.39 is 17.3 Å². The first-order chi connectivity index (χ1) is 16.9. The number of hydrogen-bond acceptors (Lipinski definition) is 9. The van der Waals surface area contributed by atoms with Crippen LogP contribution in [0, 0.1) is 18.7 Å². The molecule has 1 aliphatic heterocycles. The van der Waals surface area contributed by atoms with Gasteiger partial charge in [0.2, 0.25) is 11.8 Å². The summed E-state index contributed by atoms with van der Waals surface area (Å²) < 4.78 is 19.3. The Morgan fingerprint density at radius 2 is 2.09 bits per heavy atom. The van der Waals surface area contributed by atoms with E-state index >= 15 is 0 Å². The molecule has 0 saturated carbocycles. The van der Waals surface area contributed by atoms with E-state index in [0.717, 1.165) is 0 Å². The van der Waals surface area contributed by atoms with E-state index in [1.807, 2.05) is 6.07 Å². The van der Waals surface area contributed by atoms with Crippen molar-refractivity contribution < 1.29 is 19.0 Å². The number of nitrogens with zero attached hydrogens (tertiary/aromatic N) is 5. The first-order valence-corrected chi connectivity index (χ1v) is 11.2. The zero-order valence-electron chi connectivity index (χ0n) is 19.1. The van der Waals surface area contributed by atoms with Gasteiger partial charge in [0, 0.05) is 30.4 Å². The molecule has 2 atom stereocenters. The molecule has 1 saturated heterocycles. The zero-order chi connectivity index (χ0) is 25.0. The number of nitrogens with one attached hydrogen (secondary N) is 2. The highest BCUT2D eigenvalue weighted by Gasteiger charge is 2.50. The van der Waals surface area contributed by atoms with Crippen LogP contribution in [0.3, 0.4) is 0 Å². The van der Waals surface area contributed by atoms with Crippen molar-refractivity contribution in [1.29, 1.82) is 0 Å². The van der Waals surface area contributed by atoms with Gasteiger partial charge in [-0.05, 0) is 31.3 Å². The van der Waals surface area contributed by atoms with Crippen molar-refractivity contribution in [2.24, 2.45) is 5.92 Å². The number of thiocarbonyl (C=S) groups is 1. The lowest BCUT2D eigenvalue weighted by molar-refractivity contribution is 0.0975. The second-order valence-corrected chi connectivity index (χ2v) is 8.44. The summed E-state index contributed by atoms with van der Waals surface area (Å²) in [7, 11) is 1.33. The molecule has 3 N–H and O–H groups in total. The molecule has 182 valence electrons. The molecular weight excluding hydrogens is 473 g/mol. The van der Waals surface area contributed by atoms with Gasteiger partial charge in [-0.2, -0.15) is 9.37 Å². The highest BCUT2D eigenvalue weighted by Crippen LogP contribution is 2.38. The molecule has 2 aromatic heterocycles. The average molecular weight is 498 g/mol. The summed E-state index contributed by atoms with van der Waals surface area (Å²) in [5.41, 5.74) is 0.0223. The molecule has 1 amide bonds. The molecule has 10 nitrogen and oxygen atoms in total. The number of carbonyl (C=O) groups excluding carboxylic acids is 1. The van der Waals surface area contributed by atoms with E-state index in [-0.39, 0.29) is 41.7 Å². The number of carbonyl (C=O) groups is 1. The summed E-state index contributed by atoms with van der Waals surface area (Å²) in [6.07, 6.45) is 4.63. The van der Waals surface area contributed by atoms with Crippen LogP contribution in [0.15, 0.2) is 48.9 Å². The molecule has 3 heterocycles. The highest BCUT2D eigenvalue weighted by atomic mass is 32.1. The number of hydrogen-bond donors (Lipinski definition) is 3. The molecule has 0 radical (unpaired) electrons. The van der Waals surface area contributed by atoms with Crippen LogP contribution in [0.25, 0.3) is 0 Å². The maximum Gasteiger partial charge on any atom is 0.257 e. The van der Waals surface area contributed by atoms with Crippen molar-refractivity contribution in [3.8, 4) is 5.88 Å². The molecule has 2 unspecified atom stereocenters. The van der Waals surface area contributed by atoms with Crippen molar-refractivity contribution >= 4 is 29.2 Å². The Bertz CT molecular complexity index is 1220. The van der Waals surface area contributed by atoms with Gasteiger partial charge < -0.3 is 20.1 Å². The summed E-state index contributed by atoms with van der Waals surface area (Å²) in [6.45, 7) is 1.77. The van der Waals surface area contributed by atoms with Crippen molar-refractivity contribution in [1.82, 2.24) is 30.6 Å². The number of aromatic nitrogens is 4. The van der Waals surface area contributed by atoms with Crippen molar-refractivity contribution in [3.63, 3.8) is 0 Å². The summed E-state index contributed by atoms with van der Waals surface area (Å²) in [6, 6.07) is 8.66. The zero-order valence-corrected chi connectivity index (χ0v) is 19.9. The fourth-order valence-corrected chi connectivity index (χ4v) is 4.38. The average Bonchev–Trinajstić information content (AvgIpc) is 3.25. The fraction of sp³-hybridized carbons (Fsp3) is 0.304. The van der Waals surface area contributed by atoms with Crippen molar-refractivity contribution in [2.45, 2.75) is 12.5 Å². The number of ether oxygens (including phenoxy) is 1. The Labute approximate surface area is 206 Å². The Balaban J connectivity index is 1.67. The number of anilines is 1. The monoisotopic (exact) mass is 497 g/mol. The predicted molar refractivity (Wildman–Crippen MR) is 129 cm³/mol. The predicted octanol–water partition coefficient (Wildman–Crippen LogP) is 1.35. The topological polar surface area (TPSA) is 125 Å². The smallest absolute Gasteiger partial charge is 0.257 e. The van der Waals surface area contributed by atoms with E-state index in [9.17, 15) is 14.3 Å². The van der Waals surface area contributed by atoms with Gasteiger partial charge in [0.1, 0.15) is 5.54 Å². The van der Waals surface area contributed by atoms with Gasteiger partial charge in [0.15, 0.2) is 5.11 Å². The van der Waals surface area contributed by atoms with Gasteiger partial charge in [0.25, 0.3) is 11.8 Å². The number of benzene rings is 1. The molecule has 1 aliphatic rings. The Morgan fingerprint density at radius 1 is 1.31 bits per heavy atom. The molecule has 0 spiro atoms.